The number of ether oxygens (including phenoxy) is 3. The molecule has 0 aliphatic carbocycles. The Bertz CT molecular complexity index is 808. The normalized spacial score (nSPS) is 19.4. The van der Waals surface area contributed by atoms with Gasteiger partial charge in [-0.3, -0.25) is 0 Å². The van der Waals surface area contributed by atoms with Crippen molar-refractivity contribution < 1.29 is 37.2 Å². The standard InChI is InChI=1S/C22H27F3N2O3/c1-28-19-12-17(13-20(29-2)21(19)30-3)15-27-10-8-26(9-11-27)14-16-4-6-18(7-5-16)22(23,24)25/h4-7,12-13H,8-11,14-15H2,1-3H3/p+2. The van der Waals surface area contributed by atoms with Crippen molar-refractivity contribution in [1.82, 2.24) is 0 Å². The van der Waals surface area contributed by atoms with Crippen LogP contribution in [0.25, 0.3) is 0 Å². The molecule has 0 unspecified atom stereocenters. The molecule has 2 aromatic carbocycles. The van der Waals surface area contributed by atoms with Crippen LogP contribution in [0.4, 0.5) is 13.2 Å². The van der Waals surface area contributed by atoms with E-state index < -0.39 is 11.7 Å². The molecule has 0 aromatic heterocycles. The van der Waals surface area contributed by atoms with Gasteiger partial charge in [0.25, 0.3) is 0 Å². The van der Waals surface area contributed by atoms with E-state index in [9.17, 15) is 13.2 Å². The maximum atomic E-state index is 12.7. The monoisotopic (exact) mass is 426 g/mol. The van der Waals surface area contributed by atoms with Gasteiger partial charge >= 0.3 is 6.18 Å². The molecule has 1 heterocycles. The maximum Gasteiger partial charge on any atom is 0.416 e. The van der Waals surface area contributed by atoms with Gasteiger partial charge in [-0.2, -0.15) is 13.2 Å². The summed E-state index contributed by atoms with van der Waals surface area (Å²) in [5.74, 6) is 1.89. The molecule has 2 N–H and O–H groups in total. The molecule has 1 saturated heterocycles. The van der Waals surface area contributed by atoms with Crippen molar-refractivity contribution in [3.05, 3.63) is 53.1 Å². The average Bonchev–Trinajstić information content (AvgIpc) is 2.74. The van der Waals surface area contributed by atoms with E-state index in [2.05, 4.69) is 0 Å². The van der Waals surface area contributed by atoms with Crippen molar-refractivity contribution in [2.24, 2.45) is 0 Å². The van der Waals surface area contributed by atoms with Crippen LogP contribution in [0.2, 0.25) is 0 Å². The second-order valence-corrected chi connectivity index (χ2v) is 7.58. The van der Waals surface area contributed by atoms with Crippen LogP contribution in [0.3, 0.4) is 0 Å². The van der Waals surface area contributed by atoms with E-state index in [0.29, 0.717) is 17.2 Å². The molecule has 0 saturated carbocycles. The molecule has 8 heteroatoms. The predicted molar refractivity (Wildman–Crippen MR) is 106 cm³/mol. The van der Waals surface area contributed by atoms with Crippen LogP contribution in [-0.4, -0.2) is 47.5 Å². The van der Waals surface area contributed by atoms with E-state index in [1.807, 2.05) is 12.1 Å². The van der Waals surface area contributed by atoms with Crippen molar-refractivity contribution in [1.29, 1.82) is 0 Å². The third-order valence-corrected chi connectivity index (χ3v) is 5.58. The summed E-state index contributed by atoms with van der Waals surface area (Å²) in [6.45, 7) is 5.53. The largest absolute Gasteiger partial charge is 0.493 e. The van der Waals surface area contributed by atoms with Gasteiger partial charge in [-0.15, -0.1) is 0 Å². The van der Waals surface area contributed by atoms with Crippen LogP contribution in [0, 0.1) is 0 Å². The summed E-state index contributed by atoms with van der Waals surface area (Å²) in [6.07, 6.45) is -4.28. The number of rotatable bonds is 7. The topological polar surface area (TPSA) is 36.6 Å². The fourth-order valence-electron chi connectivity index (χ4n) is 3.94. The van der Waals surface area contributed by atoms with Gasteiger partial charge in [0.2, 0.25) is 5.75 Å². The van der Waals surface area contributed by atoms with Crippen molar-refractivity contribution >= 4 is 0 Å². The minimum atomic E-state index is -4.28. The van der Waals surface area contributed by atoms with E-state index >= 15 is 0 Å². The molecule has 0 atom stereocenters. The molecule has 1 aliphatic heterocycles. The number of methoxy groups -OCH3 is 3. The molecular formula is C22H29F3N2O3+2. The molecule has 0 spiro atoms. The second kappa shape index (κ2) is 9.57. The van der Waals surface area contributed by atoms with Crippen LogP contribution >= 0.6 is 0 Å². The first kappa shape index (κ1) is 22.2. The minimum absolute atomic E-state index is 0.588. The Balaban J connectivity index is 1.56. The lowest BCUT2D eigenvalue weighted by molar-refractivity contribution is -1.02. The van der Waals surface area contributed by atoms with Crippen LogP contribution < -0.4 is 24.0 Å². The van der Waals surface area contributed by atoms with Gasteiger partial charge in [0.15, 0.2) is 11.5 Å². The first-order chi connectivity index (χ1) is 14.3. The van der Waals surface area contributed by atoms with Crippen LogP contribution in [-0.2, 0) is 19.3 Å². The molecule has 1 fully saturated rings. The Morgan fingerprint density at radius 3 is 1.60 bits per heavy atom. The molecule has 5 nitrogen and oxygen atoms in total. The number of piperazine rings is 1. The Hall–Kier alpha value is -2.45. The lowest BCUT2D eigenvalue weighted by Gasteiger charge is -2.30. The first-order valence-corrected chi connectivity index (χ1v) is 9.96. The molecular weight excluding hydrogens is 397 g/mol. The quantitative estimate of drug-likeness (QED) is 0.699. The Morgan fingerprint density at radius 1 is 0.733 bits per heavy atom. The molecule has 164 valence electrons. The van der Waals surface area contributed by atoms with Crippen molar-refractivity contribution in [3.63, 3.8) is 0 Å². The highest BCUT2D eigenvalue weighted by atomic mass is 19.4. The molecule has 0 bridgehead atoms. The average molecular weight is 426 g/mol. The molecule has 0 amide bonds. The molecule has 30 heavy (non-hydrogen) atoms. The summed E-state index contributed by atoms with van der Waals surface area (Å²) in [5, 5.41) is 0. The SMILES string of the molecule is COc1cc(C[NH+]2CC[NH+](Cc3ccc(C(F)(F)F)cc3)CC2)cc(OC)c1OC. The van der Waals surface area contributed by atoms with Crippen molar-refractivity contribution in [2.75, 3.05) is 47.5 Å². The number of quaternary nitrogens is 2. The van der Waals surface area contributed by atoms with Gasteiger partial charge in [0.1, 0.15) is 39.3 Å². The maximum absolute atomic E-state index is 12.7. The van der Waals surface area contributed by atoms with Crippen molar-refractivity contribution in [2.45, 2.75) is 19.3 Å². The zero-order valence-corrected chi connectivity index (χ0v) is 17.6. The van der Waals surface area contributed by atoms with Gasteiger partial charge < -0.3 is 24.0 Å². The van der Waals surface area contributed by atoms with Crippen molar-refractivity contribution in [3.8, 4) is 17.2 Å². The lowest BCUT2D eigenvalue weighted by atomic mass is 10.1. The third-order valence-electron chi connectivity index (χ3n) is 5.58. The first-order valence-electron chi connectivity index (χ1n) is 9.96. The molecule has 3 rings (SSSR count). The number of alkyl halides is 3. The summed E-state index contributed by atoms with van der Waals surface area (Å²) in [4.78, 5) is 2.85. The predicted octanol–water partition coefficient (Wildman–Crippen LogP) is 1.21. The van der Waals surface area contributed by atoms with Crippen LogP contribution in [0.1, 0.15) is 16.7 Å². The number of nitrogens with one attached hydrogen (secondary N) is 2. The number of hydrogen-bond donors (Lipinski definition) is 2. The summed E-state index contributed by atoms with van der Waals surface area (Å²) in [7, 11) is 4.80. The Morgan fingerprint density at radius 2 is 1.20 bits per heavy atom. The lowest BCUT2D eigenvalue weighted by Crippen LogP contribution is -3.27. The van der Waals surface area contributed by atoms with Crippen LogP contribution in [0.15, 0.2) is 36.4 Å². The minimum Gasteiger partial charge on any atom is -0.493 e. The summed E-state index contributed by atoms with van der Waals surface area (Å²) >= 11 is 0. The highest BCUT2D eigenvalue weighted by Crippen LogP contribution is 2.38. The summed E-state index contributed by atoms with van der Waals surface area (Å²) < 4.78 is 54.4. The Labute approximate surface area is 174 Å². The Kier molecular flexibility index (Phi) is 7.10. The number of hydrogen-bond acceptors (Lipinski definition) is 3. The zero-order chi connectivity index (χ0) is 21.7. The highest BCUT2D eigenvalue weighted by molar-refractivity contribution is 5.53. The number of benzene rings is 2. The third kappa shape index (κ3) is 5.37. The van der Waals surface area contributed by atoms with E-state index in [0.717, 1.165) is 50.4 Å². The van der Waals surface area contributed by atoms with Gasteiger partial charge in [0.05, 0.1) is 26.9 Å². The fourth-order valence-corrected chi connectivity index (χ4v) is 3.94. The summed E-state index contributed by atoms with van der Waals surface area (Å²) in [6, 6.07) is 9.48. The van der Waals surface area contributed by atoms with E-state index in [1.54, 1.807) is 33.5 Å². The summed E-state index contributed by atoms with van der Waals surface area (Å²) in [5.41, 5.74) is 1.46. The number of halogens is 3. The molecule has 1 aliphatic rings. The van der Waals surface area contributed by atoms with Crippen LogP contribution in [0.5, 0.6) is 17.2 Å². The van der Waals surface area contributed by atoms with E-state index in [4.69, 9.17) is 14.2 Å². The van der Waals surface area contributed by atoms with Gasteiger partial charge in [-0.05, 0) is 24.3 Å². The van der Waals surface area contributed by atoms with E-state index in [1.165, 1.54) is 21.9 Å². The zero-order valence-electron chi connectivity index (χ0n) is 17.6. The van der Waals surface area contributed by atoms with Gasteiger partial charge in [-0.1, -0.05) is 12.1 Å². The smallest absolute Gasteiger partial charge is 0.416 e. The highest BCUT2D eigenvalue weighted by Gasteiger charge is 2.30. The van der Waals surface area contributed by atoms with Gasteiger partial charge in [0, 0.05) is 11.1 Å². The second-order valence-electron chi connectivity index (χ2n) is 7.58. The van der Waals surface area contributed by atoms with E-state index in [-0.39, 0.29) is 0 Å². The fraction of sp³-hybridized carbons (Fsp3) is 0.455. The van der Waals surface area contributed by atoms with Gasteiger partial charge in [-0.25, -0.2) is 0 Å². The molecule has 0 radical (unpaired) electrons. The molecule has 2 aromatic rings.